The lowest BCUT2D eigenvalue weighted by Gasteiger charge is -2.26. The van der Waals surface area contributed by atoms with Gasteiger partial charge in [-0.3, -0.25) is 20.3 Å². The van der Waals surface area contributed by atoms with E-state index in [2.05, 4.69) is 40.0 Å². The molecule has 1 aromatic heterocycles. The molecule has 7 nitrogen and oxygen atoms in total. The fourth-order valence-corrected chi connectivity index (χ4v) is 3.59. The number of anilines is 1. The molecule has 0 spiro atoms. The van der Waals surface area contributed by atoms with E-state index < -0.39 is 11.1 Å². The summed E-state index contributed by atoms with van der Waals surface area (Å²) < 4.78 is 0. The number of hydrazone groups is 1. The van der Waals surface area contributed by atoms with Crippen molar-refractivity contribution in [3.05, 3.63) is 59.3 Å². The maximum atomic E-state index is 12.8. The van der Waals surface area contributed by atoms with Crippen molar-refractivity contribution in [1.29, 1.82) is 0 Å². The largest absolute Gasteiger partial charge is 0.305 e. The summed E-state index contributed by atoms with van der Waals surface area (Å²) in [5, 5.41) is 10.8. The fraction of sp³-hybridized carbons (Fsp3) is 0.462. The van der Waals surface area contributed by atoms with Gasteiger partial charge in [-0.25, -0.2) is 4.98 Å². The van der Waals surface area contributed by atoms with Gasteiger partial charge in [0.2, 0.25) is 0 Å². The Hall–Kier alpha value is -2.55. The molecule has 0 atom stereocenters. The van der Waals surface area contributed by atoms with Crippen LogP contribution in [0.1, 0.15) is 67.8 Å². The first-order chi connectivity index (χ1) is 16.0. The van der Waals surface area contributed by atoms with E-state index in [1.807, 2.05) is 58.2 Å². The van der Waals surface area contributed by atoms with Crippen molar-refractivity contribution in [3.8, 4) is 0 Å². The minimum Gasteiger partial charge on any atom is -0.305 e. The zero-order valence-electron chi connectivity index (χ0n) is 21.2. The standard InChI is InChI=1S/C26H37N5O2S/c1-18(2)14-28-25(3,4)23(32)20-10-8-19(9-11-20)15-30-31-22-13-12-21(16-27-22)24(33)26(5,6)29-17-34-7/h8-13,15-16,18,28-29H,14,17H2,1-7H3,(H,27,31)/b30-15+. The van der Waals surface area contributed by atoms with Gasteiger partial charge in [0.25, 0.3) is 0 Å². The van der Waals surface area contributed by atoms with Crippen LogP contribution in [0.2, 0.25) is 0 Å². The molecule has 3 N–H and O–H groups in total. The highest BCUT2D eigenvalue weighted by atomic mass is 32.2. The van der Waals surface area contributed by atoms with Crippen LogP contribution >= 0.6 is 11.8 Å². The highest BCUT2D eigenvalue weighted by Crippen LogP contribution is 2.16. The Morgan fingerprint density at radius 2 is 1.56 bits per heavy atom. The highest BCUT2D eigenvalue weighted by molar-refractivity contribution is 7.98. The summed E-state index contributed by atoms with van der Waals surface area (Å²) in [6.45, 7) is 12.6. The summed E-state index contributed by atoms with van der Waals surface area (Å²) in [5.74, 6) is 1.75. The van der Waals surface area contributed by atoms with Gasteiger partial charge in [0.05, 0.1) is 17.3 Å². The summed E-state index contributed by atoms with van der Waals surface area (Å²) in [4.78, 5) is 29.8. The second-order valence-corrected chi connectivity index (χ2v) is 10.6. The summed E-state index contributed by atoms with van der Waals surface area (Å²) in [5.41, 5.74) is 3.64. The normalized spacial score (nSPS) is 12.4. The average Bonchev–Trinajstić information content (AvgIpc) is 2.81. The first-order valence-electron chi connectivity index (χ1n) is 11.4. The van der Waals surface area contributed by atoms with Crippen LogP contribution in [0.4, 0.5) is 5.82 Å². The molecule has 1 heterocycles. The molecule has 34 heavy (non-hydrogen) atoms. The highest BCUT2D eigenvalue weighted by Gasteiger charge is 2.28. The molecule has 0 bridgehead atoms. The van der Waals surface area contributed by atoms with Crippen LogP contribution in [0, 0.1) is 5.92 Å². The number of nitrogens with zero attached hydrogens (tertiary/aromatic N) is 2. The lowest BCUT2D eigenvalue weighted by Crippen LogP contribution is -2.48. The number of carbonyl (C=O) groups is 2. The number of benzene rings is 1. The van der Waals surface area contributed by atoms with Crippen LogP contribution in [0.3, 0.4) is 0 Å². The van der Waals surface area contributed by atoms with E-state index in [0.717, 1.165) is 12.1 Å². The van der Waals surface area contributed by atoms with E-state index in [-0.39, 0.29) is 11.6 Å². The molecular formula is C26H37N5O2S. The molecule has 0 unspecified atom stereocenters. The molecule has 2 aromatic rings. The zero-order valence-corrected chi connectivity index (χ0v) is 22.0. The molecule has 2 rings (SSSR count). The number of thioether (sulfide) groups is 1. The minimum atomic E-state index is -0.662. The first-order valence-corrected chi connectivity index (χ1v) is 12.8. The van der Waals surface area contributed by atoms with Crippen LogP contribution in [0.25, 0.3) is 0 Å². The van der Waals surface area contributed by atoms with Gasteiger partial charge in [-0.1, -0.05) is 38.1 Å². The molecule has 0 amide bonds. The maximum Gasteiger partial charge on any atom is 0.183 e. The third-order valence-electron chi connectivity index (χ3n) is 5.34. The second-order valence-electron chi connectivity index (χ2n) is 9.72. The van der Waals surface area contributed by atoms with Crippen LogP contribution < -0.4 is 16.1 Å². The molecule has 0 saturated heterocycles. The molecule has 0 fully saturated rings. The molecule has 0 saturated carbocycles. The van der Waals surface area contributed by atoms with Gasteiger partial charge in [0.15, 0.2) is 11.6 Å². The third-order valence-corrected chi connectivity index (χ3v) is 5.77. The van der Waals surface area contributed by atoms with Gasteiger partial charge >= 0.3 is 0 Å². The van der Waals surface area contributed by atoms with Crippen molar-refractivity contribution in [3.63, 3.8) is 0 Å². The van der Waals surface area contributed by atoms with Crippen LogP contribution in [0.15, 0.2) is 47.7 Å². The van der Waals surface area contributed by atoms with Crippen molar-refractivity contribution in [1.82, 2.24) is 15.6 Å². The molecule has 0 aliphatic carbocycles. The topological polar surface area (TPSA) is 95.5 Å². The number of hydrogen-bond donors (Lipinski definition) is 3. The number of rotatable bonds is 13. The predicted molar refractivity (Wildman–Crippen MR) is 143 cm³/mol. The van der Waals surface area contributed by atoms with Gasteiger partial charge in [-0.05, 0) is 64.1 Å². The first kappa shape index (κ1) is 27.7. The average molecular weight is 484 g/mol. The van der Waals surface area contributed by atoms with E-state index in [0.29, 0.717) is 28.7 Å². The van der Waals surface area contributed by atoms with Crippen molar-refractivity contribution >= 4 is 35.4 Å². The molecular weight excluding hydrogens is 446 g/mol. The third kappa shape index (κ3) is 8.04. The quantitative estimate of drug-likeness (QED) is 0.166. The zero-order chi connectivity index (χ0) is 25.4. The Morgan fingerprint density at radius 1 is 0.971 bits per heavy atom. The number of carbonyl (C=O) groups excluding carboxylic acids is 2. The summed E-state index contributed by atoms with van der Waals surface area (Å²) >= 11 is 1.63. The Morgan fingerprint density at radius 3 is 2.12 bits per heavy atom. The van der Waals surface area contributed by atoms with E-state index in [1.54, 1.807) is 36.3 Å². The number of pyridine rings is 1. The smallest absolute Gasteiger partial charge is 0.183 e. The Kier molecular flexibility index (Phi) is 9.97. The fourth-order valence-electron chi connectivity index (χ4n) is 3.08. The molecule has 8 heteroatoms. The van der Waals surface area contributed by atoms with Crippen molar-refractivity contribution in [2.24, 2.45) is 11.0 Å². The summed E-state index contributed by atoms with van der Waals surface area (Å²) in [6.07, 6.45) is 5.20. The number of hydrogen-bond acceptors (Lipinski definition) is 8. The number of ketones is 2. The van der Waals surface area contributed by atoms with Crippen LogP contribution in [0.5, 0.6) is 0 Å². The summed E-state index contributed by atoms with van der Waals surface area (Å²) in [7, 11) is 0. The SMILES string of the molecule is CSCNC(C)(C)C(=O)c1ccc(N/N=C/c2ccc(C(=O)C(C)(C)NCC(C)C)cc2)nc1. The molecule has 0 aliphatic rings. The summed E-state index contributed by atoms with van der Waals surface area (Å²) in [6, 6.07) is 10.8. The van der Waals surface area contributed by atoms with E-state index in [1.165, 1.54) is 0 Å². The van der Waals surface area contributed by atoms with Crippen molar-refractivity contribution in [2.45, 2.75) is 52.6 Å². The van der Waals surface area contributed by atoms with E-state index in [9.17, 15) is 9.59 Å². The van der Waals surface area contributed by atoms with E-state index in [4.69, 9.17) is 0 Å². The molecule has 184 valence electrons. The van der Waals surface area contributed by atoms with Crippen LogP contribution in [-0.2, 0) is 0 Å². The number of Topliss-reactive ketones (excluding diaryl/α,β-unsaturated/α-hetero) is 2. The van der Waals surface area contributed by atoms with Gasteiger partial charge < -0.3 is 5.32 Å². The molecule has 1 aromatic carbocycles. The lowest BCUT2D eigenvalue weighted by molar-refractivity contribution is 0.0876. The Bertz CT molecular complexity index is 983. The van der Waals surface area contributed by atoms with Crippen molar-refractivity contribution < 1.29 is 9.59 Å². The molecule has 0 radical (unpaired) electrons. The van der Waals surface area contributed by atoms with Crippen LogP contribution in [-0.4, -0.2) is 52.5 Å². The van der Waals surface area contributed by atoms with Gasteiger partial charge in [-0.2, -0.15) is 5.10 Å². The number of nitrogens with one attached hydrogen (secondary N) is 3. The maximum absolute atomic E-state index is 12.8. The minimum absolute atomic E-state index is 0.0127. The van der Waals surface area contributed by atoms with Crippen molar-refractivity contribution in [2.75, 3.05) is 24.1 Å². The molecule has 0 aliphatic heterocycles. The monoisotopic (exact) mass is 483 g/mol. The van der Waals surface area contributed by atoms with E-state index >= 15 is 0 Å². The van der Waals surface area contributed by atoms with Gasteiger partial charge in [-0.15, -0.1) is 11.8 Å². The van der Waals surface area contributed by atoms with Gasteiger partial charge in [0.1, 0.15) is 5.82 Å². The lowest BCUT2D eigenvalue weighted by atomic mass is 9.92. The predicted octanol–water partition coefficient (Wildman–Crippen LogP) is 4.61. The van der Waals surface area contributed by atoms with Gasteiger partial charge in [0, 0.05) is 23.2 Å². The Balaban J connectivity index is 1.96. The second kappa shape index (κ2) is 12.2. The Labute approximate surface area is 207 Å². The number of aromatic nitrogens is 1.